The lowest BCUT2D eigenvalue weighted by atomic mass is 10.0. The lowest BCUT2D eigenvalue weighted by molar-refractivity contribution is -0.117. The molecule has 2 heterocycles. The number of aryl methyl sites for hydroxylation is 2. The minimum Gasteiger partial charge on any atom is -0.386 e. The van der Waals surface area contributed by atoms with Gasteiger partial charge < -0.3 is 15.2 Å². The normalized spacial score (nSPS) is 22.6. The van der Waals surface area contributed by atoms with Gasteiger partial charge in [-0.15, -0.1) is 0 Å². The number of nitrogens with one attached hydrogen (secondary N) is 1. The molecule has 1 aromatic heterocycles. The molecule has 1 atom stereocenters. The highest BCUT2D eigenvalue weighted by molar-refractivity contribution is 5.92. The second-order valence-corrected chi connectivity index (χ2v) is 5.29. The predicted molar refractivity (Wildman–Crippen MR) is 75.1 cm³/mol. The zero-order valence-electron chi connectivity index (χ0n) is 12.1. The molecule has 0 spiro atoms. The molecule has 20 heavy (non-hydrogen) atoms. The fourth-order valence-electron chi connectivity index (χ4n) is 2.24. The van der Waals surface area contributed by atoms with Crippen LogP contribution in [0.1, 0.15) is 23.4 Å². The molecule has 6 heteroatoms. The van der Waals surface area contributed by atoms with Crippen LogP contribution in [0.4, 0.5) is 0 Å². The minimum atomic E-state index is -0.927. The Balaban J connectivity index is 1.92. The minimum absolute atomic E-state index is 0.210. The van der Waals surface area contributed by atoms with Crippen LogP contribution in [0.15, 0.2) is 6.08 Å². The summed E-state index contributed by atoms with van der Waals surface area (Å²) >= 11 is 0. The van der Waals surface area contributed by atoms with E-state index >= 15 is 0 Å². The van der Waals surface area contributed by atoms with Crippen molar-refractivity contribution in [3.8, 4) is 0 Å². The van der Waals surface area contributed by atoms with Crippen molar-refractivity contribution in [3.05, 3.63) is 23.0 Å². The number of aromatic nitrogens is 2. The molecule has 1 aromatic rings. The first-order chi connectivity index (χ1) is 9.41. The van der Waals surface area contributed by atoms with Gasteiger partial charge in [0.15, 0.2) is 0 Å². The molecule has 0 aromatic carbocycles. The summed E-state index contributed by atoms with van der Waals surface area (Å²) in [7, 11) is 1.87. The molecular formula is C14H21N3O3. The van der Waals surface area contributed by atoms with E-state index in [4.69, 9.17) is 4.74 Å². The molecule has 1 aliphatic rings. The standard InChI is InChI=1S/C14H21N3O3/c1-10-12(11(2)17(3)16-10)4-5-13(18)15-8-14(19)6-7-20-9-14/h4-5,19H,6-9H2,1-3H3,(H,15,18)/b5-4+. The summed E-state index contributed by atoms with van der Waals surface area (Å²) in [6, 6.07) is 0. The maximum absolute atomic E-state index is 11.8. The molecule has 1 unspecified atom stereocenters. The summed E-state index contributed by atoms with van der Waals surface area (Å²) in [6.07, 6.45) is 3.77. The second-order valence-electron chi connectivity index (χ2n) is 5.29. The quantitative estimate of drug-likeness (QED) is 0.778. The van der Waals surface area contributed by atoms with Crippen LogP contribution in [0.2, 0.25) is 0 Å². The van der Waals surface area contributed by atoms with Crippen molar-refractivity contribution in [2.45, 2.75) is 25.9 Å². The molecule has 0 aliphatic carbocycles. The van der Waals surface area contributed by atoms with Crippen LogP contribution in [-0.4, -0.2) is 46.2 Å². The van der Waals surface area contributed by atoms with Gasteiger partial charge in [0, 0.05) is 44.0 Å². The van der Waals surface area contributed by atoms with Crippen molar-refractivity contribution in [1.82, 2.24) is 15.1 Å². The van der Waals surface area contributed by atoms with Crippen LogP contribution in [0, 0.1) is 13.8 Å². The maximum atomic E-state index is 11.8. The third kappa shape index (κ3) is 3.26. The molecule has 110 valence electrons. The Labute approximate surface area is 118 Å². The van der Waals surface area contributed by atoms with Gasteiger partial charge in [-0.1, -0.05) is 0 Å². The summed E-state index contributed by atoms with van der Waals surface area (Å²) in [5, 5.41) is 17.0. The van der Waals surface area contributed by atoms with E-state index in [1.165, 1.54) is 6.08 Å². The van der Waals surface area contributed by atoms with Gasteiger partial charge in [0.1, 0.15) is 5.60 Å². The Bertz CT molecular complexity index is 528. The number of carbonyl (C=O) groups is 1. The number of hydrogen-bond acceptors (Lipinski definition) is 4. The number of carbonyl (C=O) groups excluding carboxylic acids is 1. The summed E-state index contributed by atoms with van der Waals surface area (Å²) in [5.74, 6) is -0.229. The average molecular weight is 279 g/mol. The van der Waals surface area contributed by atoms with Gasteiger partial charge in [0.05, 0.1) is 12.3 Å². The van der Waals surface area contributed by atoms with Gasteiger partial charge in [-0.05, 0) is 19.9 Å². The molecular weight excluding hydrogens is 258 g/mol. The van der Waals surface area contributed by atoms with Crippen molar-refractivity contribution in [1.29, 1.82) is 0 Å². The van der Waals surface area contributed by atoms with Gasteiger partial charge in [0.25, 0.3) is 0 Å². The number of rotatable bonds is 4. The van der Waals surface area contributed by atoms with Crippen molar-refractivity contribution in [3.63, 3.8) is 0 Å². The molecule has 1 saturated heterocycles. The first kappa shape index (κ1) is 14.7. The smallest absolute Gasteiger partial charge is 0.244 e. The third-order valence-electron chi connectivity index (χ3n) is 3.64. The SMILES string of the molecule is Cc1nn(C)c(C)c1/C=C/C(=O)NCC1(O)CCOC1. The Kier molecular flexibility index (Phi) is 4.25. The molecule has 2 rings (SSSR count). The van der Waals surface area contributed by atoms with Gasteiger partial charge in [-0.25, -0.2) is 0 Å². The molecule has 0 saturated carbocycles. The van der Waals surface area contributed by atoms with Crippen molar-refractivity contribution < 1.29 is 14.6 Å². The first-order valence-electron chi connectivity index (χ1n) is 6.67. The van der Waals surface area contributed by atoms with Crippen LogP contribution >= 0.6 is 0 Å². The Morgan fingerprint density at radius 3 is 2.90 bits per heavy atom. The summed E-state index contributed by atoms with van der Waals surface area (Å²) < 4.78 is 6.91. The van der Waals surface area contributed by atoms with Crippen LogP contribution in [-0.2, 0) is 16.6 Å². The molecule has 1 fully saturated rings. The topological polar surface area (TPSA) is 76.4 Å². The zero-order valence-corrected chi connectivity index (χ0v) is 12.1. The van der Waals surface area contributed by atoms with Crippen molar-refractivity contribution in [2.24, 2.45) is 7.05 Å². The summed E-state index contributed by atoms with van der Waals surface area (Å²) in [4.78, 5) is 11.8. The largest absolute Gasteiger partial charge is 0.386 e. The molecule has 0 bridgehead atoms. The van der Waals surface area contributed by atoms with Crippen LogP contribution in [0.3, 0.4) is 0 Å². The molecule has 0 radical (unpaired) electrons. The Morgan fingerprint density at radius 1 is 1.60 bits per heavy atom. The number of nitrogens with zero attached hydrogens (tertiary/aromatic N) is 2. The van der Waals surface area contributed by atoms with Gasteiger partial charge in [-0.2, -0.15) is 5.10 Å². The summed E-state index contributed by atoms with van der Waals surface area (Å²) in [6.45, 7) is 4.88. The third-order valence-corrected chi connectivity index (χ3v) is 3.64. The van der Waals surface area contributed by atoms with E-state index < -0.39 is 5.60 Å². The van der Waals surface area contributed by atoms with E-state index in [1.807, 2.05) is 20.9 Å². The second kappa shape index (κ2) is 5.76. The van der Waals surface area contributed by atoms with E-state index in [2.05, 4.69) is 10.4 Å². The van der Waals surface area contributed by atoms with Crippen LogP contribution < -0.4 is 5.32 Å². The van der Waals surface area contributed by atoms with E-state index in [0.717, 1.165) is 17.0 Å². The number of amides is 1. The monoisotopic (exact) mass is 279 g/mol. The van der Waals surface area contributed by atoms with Gasteiger partial charge >= 0.3 is 0 Å². The average Bonchev–Trinajstić information content (AvgIpc) is 2.92. The number of aliphatic hydroxyl groups is 1. The van der Waals surface area contributed by atoms with Crippen LogP contribution in [0.25, 0.3) is 6.08 Å². The van der Waals surface area contributed by atoms with Gasteiger partial charge in [0.2, 0.25) is 5.91 Å². The van der Waals surface area contributed by atoms with Crippen LogP contribution in [0.5, 0.6) is 0 Å². The van der Waals surface area contributed by atoms with E-state index in [9.17, 15) is 9.90 Å². The first-order valence-corrected chi connectivity index (χ1v) is 6.67. The zero-order chi connectivity index (χ0) is 14.8. The van der Waals surface area contributed by atoms with E-state index in [0.29, 0.717) is 13.0 Å². The Morgan fingerprint density at radius 2 is 2.35 bits per heavy atom. The number of hydrogen-bond donors (Lipinski definition) is 2. The highest BCUT2D eigenvalue weighted by Gasteiger charge is 2.32. The van der Waals surface area contributed by atoms with E-state index in [1.54, 1.807) is 10.8 Å². The Hall–Kier alpha value is -1.66. The highest BCUT2D eigenvalue weighted by Crippen LogP contribution is 2.17. The molecule has 1 amide bonds. The molecule has 6 nitrogen and oxygen atoms in total. The molecule has 2 N–H and O–H groups in total. The maximum Gasteiger partial charge on any atom is 0.244 e. The highest BCUT2D eigenvalue weighted by atomic mass is 16.5. The predicted octanol–water partition coefficient (Wildman–Crippen LogP) is 0.318. The van der Waals surface area contributed by atoms with E-state index in [-0.39, 0.29) is 19.1 Å². The number of ether oxygens (including phenoxy) is 1. The lowest BCUT2D eigenvalue weighted by Crippen LogP contribution is -2.42. The van der Waals surface area contributed by atoms with Gasteiger partial charge in [-0.3, -0.25) is 9.48 Å². The van der Waals surface area contributed by atoms with Crippen molar-refractivity contribution >= 4 is 12.0 Å². The lowest BCUT2D eigenvalue weighted by Gasteiger charge is -2.19. The van der Waals surface area contributed by atoms with Crippen molar-refractivity contribution in [2.75, 3.05) is 19.8 Å². The fraction of sp³-hybridized carbons (Fsp3) is 0.571. The summed E-state index contributed by atoms with van der Waals surface area (Å²) in [5.41, 5.74) is 1.92. The fourth-order valence-corrected chi connectivity index (χ4v) is 2.24. The molecule has 1 aliphatic heterocycles.